The number of nitrogens with zero attached hydrogens (tertiary/aromatic N) is 1. The molecule has 0 saturated heterocycles. The number of anilines is 1. The van der Waals surface area contributed by atoms with Gasteiger partial charge in [0.25, 0.3) is 5.69 Å². The fraction of sp³-hybridized carbons (Fsp3) is 0.222. The molecule has 8 heteroatoms. The number of hydrogen-bond acceptors (Lipinski definition) is 4. The third-order valence-electron chi connectivity index (χ3n) is 1.98. The molecule has 0 heterocycles. The minimum absolute atomic E-state index is 0.0577. The molecule has 1 atom stereocenters. The average Bonchev–Trinajstić information content (AvgIpc) is 2.22. The van der Waals surface area contributed by atoms with E-state index in [1.807, 2.05) is 0 Å². The first-order chi connectivity index (χ1) is 7.82. The summed E-state index contributed by atoms with van der Waals surface area (Å²) in [4.78, 5) is 20.6. The molecule has 0 amide bonds. The van der Waals surface area contributed by atoms with Crippen molar-refractivity contribution in [3.63, 3.8) is 0 Å². The molecule has 1 rings (SSSR count). The van der Waals surface area contributed by atoms with Gasteiger partial charge in [0, 0.05) is 12.1 Å². The Morgan fingerprint density at radius 1 is 1.65 bits per heavy atom. The molecule has 0 spiro atoms. The normalized spacial score (nSPS) is 11.9. The van der Waals surface area contributed by atoms with Gasteiger partial charge in [0.15, 0.2) is 0 Å². The summed E-state index contributed by atoms with van der Waals surface area (Å²) in [5.74, 6) is -1.90. The zero-order chi connectivity index (χ0) is 13.2. The van der Waals surface area contributed by atoms with E-state index < -0.39 is 28.4 Å². The van der Waals surface area contributed by atoms with Crippen LogP contribution in [0.15, 0.2) is 16.6 Å². The third-order valence-corrected chi connectivity index (χ3v) is 2.59. The van der Waals surface area contributed by atoms with Crippen LogP contribution in [0.2, 0.25) is 0 Å². The Balaban J connectivity index is 3.17. The minimum atomic E-state index is -1.19. The topological polar surface area (TPSA) is 92.5 Å². The molecule has 0 bridgehead atoms. The van der Waals surface area contributed by atoms with E-state index in [1.165, 1.54) is 6.92 Å². The van der Waals surface area contributed by atoms with Crippen molar-refractivity contribution < 1.29 is 19.2 Å². The summed E-state index contributed by atoms with van der Waals surface area (Å²) in [5, 5.41) is 21.7. The van der Waals surface area contributed by atoms with Gasteiger partial charge in [-0.05, 0) is 22.9 Å². The van der Waals surface area contributed by atoms with Crippen LogP contribution in [-0.4, -0.2) is 22.0 Å². The smallest absolute Gasteiger partial charge is 0.325 e. The molecule has 0 aromatic heterocycles. The molecule has 0 aliphatic heterocycles. The first-order valence-corrected chi connectivity index (χ1v) is 5.25. The number of carbonyl (C=O) groups is 1. The van der Waals surface area contributed by atoms with Crippen LogP contribution in [0.25, 0.3) is 0 Å². The van der Waals surface area contributed by atoms with Gasteiger partial charge in [0.1, 0.15) is 17.5 Å². The van der Waals surface area contributed by atoms with Gasteiger partial charge in [0.2, 0.25) is 0 Å². The second kappa shape index (κ2) is 5.09. The van der Waals surface area contributed by atoms with Crippen molar-refractivity contribution >= 4 is 33.3 Å². The lowest BCUT2D eigenvalue weighted by Crippen LogP contribution is -2.25. The monoisotopic (exact) mass is 306 g/mol. The molecule has 17 heavy (non-hydrogen) atoms. The zero-order valence-corrected chi connectivity index (χ0v) is 10.2. The number of nitro benzene ring substituents is 1. The Labute approximate surface area is 104 Å². The number of nitro groups is 1. The van der Waals surface area contributed by atoms with Crippen molar-refractivity contribution in [3.8, 4) is 0 Å². The van der Waals surface area contributed by atoms with Gasteiger partial charge >= 0.3 is 5.97 Å². The van der Waals surface area contributed by atoms with Crippen molar-refractivity contribution in [2.24, 2.45) is 0 Å². The van der Waals surface area contributed by atoms with Crippen LogP contribution in [0, 0.1) is 15.9 Å². The SMILES string of the molecule is CC(Nc1cc(F)c(Br)cc1[N+](=O)[O-])C(=O)O. The molecule has 1 unspecified atom stereocenters. The Morgan fingerprint density at radius 3 is 2.71 bits per heavy atom. The number of halogens is 2. The molecule has 92 valence electrons. The minimum Gasteiger partial charge on any atom is -0.480 e. The number of aliphatic carboxylic acids is 1. The van der Waals surface area contributed by atoms with Gasteiger partial charge in [-0.2, -0.15) is 0 Å². The highest BCUT2D eigenvalue weighted by Gasteiger charge is 2.20. The van der Waals surface area contributed by atoms with Gasteiger partial charge in [-0.1, -0.05) is 0 Å². The predicted molar refractivity (Wildman–Crippen MR) is 61.5 cm³/mol. The first-order valence-electron chi connectivity index (χ1n) is 4.45. The highest BCUT2D eigenvalue weighted by Crippen LogP contribution is 2.30. The molecule has 6 nitrogen and oxygen atoms in total. The molecule has 1 aromatic rings. The summed E-state index contributed by atoms with van der Waals surface area (Å²) in [6.07, 6.45) is 0. The van der Waals surface area contributed by atoms with E-state index in [2.05, 4.69) is 21.2 Å². The second-order valence-electron chi connectivity index (χ2n) is 3.24. The molecule has 0 fully saturated rings. The average molecular weight is 307 g/mol. The Kier molecular flexibility index (Phi) is 4.00. The summed E-state index contributed by atoms with van der Waals surface area (Å²) in [5.41, 5.74) is -0.572. The van der Waals surface area contributed by atoms with Crippen molar-refractivity contribution in [2.45, 2.75) is 13.0 Å². The van der Waals surface area contributed by atoms with Crippen molar-refractivity contribution in [3.05, 3.63) is 32.5 Å². The quantitative estimate of drug-likeness (QED) is 0.658. The van der Waals surface area contributed by atoms with Gasteiger partial charge in [-0.15, -0.1) is 0 Å². The number of carboxylic acids is 1. The van der Waals surface area contributed by atoms with E-state index in [9.17, 15) is 19.3 Å². The van der Waals surface area contributed by atoms with Gasteiger partial charge in [-0.3, -0.25) is 14.9 Å². The fourth-order valence-electron chi connectivity index (χ4n) is 1.10. The standard InChI is InChI=1S/C9H8BrFN2O4/c1-4(9(14)15)12-7-3-6(11)5(10)2-8(7)13(16)17/h2-4,12H,1H3,(H,14,15). The highest BCUT2D eigenvalue weighted by molar-refractivity contribution is 9.10. The largest absolute Gasteiger partial charge is 0.480 e. The van der Waals surface area contributed by atoms with Gasteiger partial charge in [-0.25, -0.2) is 4.39 Å². The van der Waals surface area contributed by atoms with Crippen molar-refractivity contribution in [1.29, 1.82) is 0 Å². The van der Waals surface area contributed by atoms with Crippen LogP contribution in [0.3, 0.4) is 0 Å². The van der Waals surface area contributed by atoms with E-state index in [4.69, 9.17) is 5.11 Å². The third kappa shape index (κ3) is 3.13. The maximum atomic E-state index is 13.2. The first kappa shape index (κ1) is 13.4. The van der Waals surface area contributed by atoms with Gasteiger partial charge < -0.3 is 10.4 Å². The maximum Gasteiger partial charge on any atom is 0.325 e. The number of hydrogen-bond donors (Lipinski definition) is 2. The summed E-state index contributed by atoms with van der Waals surface area (Å²) >= 11 is 2.82. The molecule has 0 aliphatic carbocycles. The molecular formula is C9H8BrFN2O4. The van der Waals surface area contributed by atoms with Crippen LogP contribution in [-0.2, 0) is 4.79 Å². The maximum absolute atomic E-state index is 13.2. The number of rotatable bonds is 4. The lowest BCUT2D eigenvalue weighted by Gasteiger charge is -2.11. The molecule has 2 N–H and O–H groups in total. The number of benzene rings is 1. The van der Waals surface area contributed by atoms with Gasteiger partial charge in [0.05, 0.1) is 9.40 Å². The van der Waals surface area contributed by atoms with Crippen LogP contribution >= 0.6 is 15.9 Å². The van der Waals surface area contributed by atoms with Crippen molar-refractivity contribution in [2.75, 3.05) is 5.32 Å². The van der Waals surface area contributed by atoms with Crippen LogP contribution in [0.4, 0.5) is 15.8 Å². The van der Waals surface area contributed by atoms with E-state index in [0.29, 0.717) is 0 Å². The van der Waals surface area contributed by atoms with E-state index in [1.54, 1.807) is 0 Å². The molecule has 0 saturated carbocycles. The van der Waals surface area contributed by atoms with E-state index >= 15 is 0 Å². The number of nitrogens with one attached hydrogen (secondary N) is 1. The molecular weight excluding hydrogens is 299 g/mol. The Morgan fingerprint density at radius 2 is 2.24 bits per heavy atom. The fourth-order valence-corrected chi connectivity index (χ4v) is 1.43. The van der Waals surface area contributed by atoms with Crippen molar-refractivity contribution in [1.82, 2.24) is 0 Å². The van der Waals surface area contributed by atoms with Crippen LogP contribution < -0.4 is 5.32 Å². The highest BCUT2D eigenvalue weighted by atomic mass is 79.9. The zero-order valence-electron chi connectivity index (χ0n) is 8.61. The molecule has 1 aromatic carbocycles. The predicted octanol–water partition coefficient (Wildman–Crippen LogP) is 2.38. The summed E-state index contributed by atoms with van der Waals surface area (Å²) in [7, 11) is 0. The summed E-state index contributed by atoms with van der Waals surface area (Å²) < 4.78 is 13.2. The lowest BCUT2D eigenvalue weighted by atomic mass is 10.2. The summed E-state index contributed by atoms with van der Waals surface area (Å²) in [6, 6.07) is 0.794. The van der Waals surface area contributed by atoms with Crippen LogP contribution in [0.1, 0.15) is 6.92 Å². The lowest BCUT2D eigenvalue weighted by molar-refractivity contribution is -0.384. The summed E-state index contributed by atoms with van der Waals surface area (Å²) in [6.45, 7) is 1.30. The molecule has 0 radical (unpaired) electrons. The number of carboxylic acid groups (broad SMARTS) is 1. The molecule has 0 aliphatic rings. The van der Waals surface area contributed by atoms with E-state index in [-0.39, 0.29) is 10.2 Å². The Hall–Kier alpha value is -1.70. The van der Waals surface area contributed by atoms with Crippen LogP contribution in [0.5, 0.6) is 0 Å². The Bertz CT molecular complexity index is 480. The van der Waals surface area contributed by atoms with E-state index in [0.717, 1.165) is 12.1 Å². The second-order valence-corrected chi connectivity index (χ2v) is 4.10.